The van der Waals surface area contributed by atoms with Gasteiger partial charge in [-0.15, -0.1) is 0 Å². The van der Waals surface area contributed by atoms with E-state index < -0.39 is 11.9 Å². The number of hydrogen-bond donors (Lipinski definition) is 3. The highest BCUT2D eigenvalue weighted by Crippen LogP contribution is 2.05. The summed E-state index contributed by atoms with van der Waals surface area (Å²) in [4.78, 5) is 32.6. The second-order valence-electron chi connectivity index (χ2n) is 3.92. The molecule has 1 unspecified atom stereocenters. The number of amides is 2. The van der Waals surface area contributed by atoms with E-state index in [2.05, 4.69) is 5.32 Å². The standard InChI is InChI=1S/C11H20N2O4S/c1-2-3-8(6-11(16)17)13-10(15)4-5-18-7-9(12)14/h8H,2-7H2,1H3,(H2,12,14)(H,13,15)(H,16,17). The first-order chi connectivity index (χ1) is 8.45. The van der Waals surface area contributed by atoms with Gasteiger partial charge in [0.25, 0.3) is 0 Å². The lowest BCUT2D eigenvalue weighted by Gasteiger charge is -2.15. The van der Waals surface area contributed by atoms with Gasteiger partial charge in [0.05, 0.1) is 12.2 Å². The zero-order valence-electron chi connectivity index (χ0n) is 10.5. The first-order valence-electron chi connectivity index (χ1n) is 5.82. The molecule has 6 nitrogen and oxygen atoms in total. The maximum absolute atomic E-state index is 11.5. The molecule has 0 bridgehead atoms. The van der Waals surface area contributed by atoms with Gasteiger partial charge >= 0.3 is 5.97 Å². The molecular formula is C11H20N2O4S. The van der Waals surface area contributed by atoms with Crippen molar-refractivity contribution >= 4 is 29.5 Å². The number of rotatable bonds is 10. The molecule has 0 fully saturated rings. The van der Waals surface area contributed by atoms with E-state index in [4.69, 9.17) is 10.8 Å². The molecule has 18 heavy (non-hydrogen) atoms. The van der Waals surface area contributed by atoms with Crippen LogP contribution in [-0.4, -0.2) is 40.4 Å². The predicted octanol–water partition coefficient (Wildman–Crippen LogP) is 0.355. The number of primary amides is 1. The van der Waals surface area contributed by atoms with E-state index in [1.165, 1.54) is 11.8 Å². The number of nitrogens with one attached hydrogen (secondary N) is 1. The van der Waals surface area contributed by atoms with E-state index in [9.17, 15) is 14.4 Å². The number of aliphatic carboxylic acids is 1. The number of nitrogens with two attached hydrogens (primary N) is 1. The molecule has 0 saturated heterocycles. The van der Waals surface area contributed by atoms with Crippen LogP contribution >= 0.6 is 11.8 Å². The van der Waals surface area contributed by atoms with Gasteiger partial charge in [-0.1, -0.05) is 13.3 Å². The van der Waals surface area contributed by atoms with Gasteiger partial charge in [-0.3, -0.25) is 14.4 Å². The number of carbonyl (C=O) groups excluding carboxylic acids is 2. The number of carbonyl (C=O) groups is 3. The smallest absolute Gasteiger partial charge is 0.305 e. The van der Waals surface area contributed by atoms with Crippen LogP contribution in [0.2, 0.25) is 0 Å². The lowest BCUT2D eigenvalue weighted by Crippen LogP contribution is -2.36. The molecule has 0 aromatic rings. The molecule has 4 N–H and O–H groups in total. The molecule has 0 spiro atoms. The molecule has 0 aliphatic rings. The van der Waals surface area contributed by atoms with Gasteiger partial charge in [0.1, 0.15) is 0 Å². The fraction of sp³-hybridized carbons (Fsp3) is 0.727. The third-order valence-corrected chi connectivity index (χ3v) is 3.12. The van der Waals surface area contributed by atoms with Crippen molar-refractivity contribution in [2.45, 2.75) is 38.6 Å². The Kier molecular flexibility index (Phi) is 9.08. The lowest BCUT2D eigenvalue weighted by molar-refractivity contribution is -0.137. The molecule has 0 saturated carbocycles. The van der Waals surface area contributed by atoms with Crippen LogP contribution in [0, 0.1) is 0 Å². The van der Waals surface area contributed by atoms with Gasteiger partial charge in [-0.25, -0.2) is 0 Å². The Morgan fingerprint density at radius 3 is 2.56 bits per heavy atom. The van der Waals surface area contributed by atoms with Crippen LogP contribution in [0.15, 0.2) is 0 Å². The summed E-state index contributed by atoms with van der Waals surface area (Å²) in [5.74, 6) is -0.819. The van der Waals surface area contributed by atoms with Crippen LogP contribution in [0.25, 0.3) is 0 Å². The number of carboxylic acid groups (broad SMARTS) is 1. The minimum Gasteiger partial charge on any atom is -0.481 e. The van der Waals surface area contributed by atoms with Crippen LogP contribution in [0.5, 0.6) is 0 Å². The normalized spacial score (nSPS) is 11.8. The molecule has 0 aliphatic carbocycles. The molecule has 0 heterocycles. The number of thioether (sulfide) groups is 1. The predicted molar refractivity (Wildman–Crippen MR) is 70.2 cm³/mol. The quantitative estimate of drug-likeness (QED) is 0.499. The summed E-state index contributed by atoms with van der Waals surface area (Å²) in [6.07, 6.45) is 1.66. The zero-order valence-corrected chi connectivity index (χ0v) is 11.3. The monoisotopic (exact) mass is 276 g/mol. The van der Waals surface area contributed by atoms with E-state index in [-0.39, 0.29) is 30.5 Å². The molecule has 0 rings (SSSR count). The Bertz CT molecular complexity index is 297. The average molecular weight is 276 g/mol. The Labute approximate surface area is 111 Å². The molecule has 7 heteroatoms. The summed E-state index contributed by atoms with van der Waals surface area (Å²) >= 11 is 1.29. The minimum absolute atomic E-state index is 0.0615. The first-order valence-corrected chi connectivity index (χ1v) is 6.98. The van der Waals surface area contributed by atoms with Gasteiger partial charge in [0, 0.05) is 18.2 Å². The lowest BCUT2D eigenvalue weighted by atomic mass is 10.1. The SMILES string of the molecule is CCCC(CC(=O)O)NC(=O)CCSCC(N)=O. The topological polar surface area (TPSA) is 109 Å². The minimum atomic E-state index is -0.920. The highest BCUT2D eigenvalue weighted by Gasteiger charge is 2.14. The number of carboxylic acids is 1. The maximum atomic E-state index is 11.5. The van der Waals surface area contributed by atoms with Crippen molar-refractivity contribution in [2.75, 3.05) is 11.5 Å². The van der Waals surface area contributed by atoms with Crippen molar-refractivity contribution in [1.29, 1.82) is 0 Å². The molecule has 1 atom stereocenters. The third-order valence-electron chi connectivity index (χ3n) is 2.14. The van der Waals surface area contributed by atoms with Crippen molar-refractivity contribution < 1.29 is 19.5 Å². The molecule has 104 valence electrons. The van der Waals surface area contributed by atoms with Crippen molar-refractivity contribution in [3.05, 3.63) is 0 Å². The van der Waals surface area contributed by atoms with E-state index in [0.29, 0.717) is 12.2 Å². The molecule has 2 amide bonds. The molecule has 0 aromatic carbocycles. The van der Waals surface area contributed by atoms with Crippen molar-refractivity contribution in [2.24, 2.45) is 5.73 Å². The maximum Gasteiger partial charge on any atom is 0.305 e. The van der Waals surface area contributed by atoms with Crippen LogP contribution in [0.4, 0.5) is 0 Å². The van der Waals surface area contributed by atoms with Gasteiger partial charge in [-0.05, 0) is 6.42 Å². The zero-order chi connectivity index (χ0) is 14.0. The van der Waals surface area contributed by atoms with Gasteiger partial charge in [0.15, 0.2) is 0 Å². The van der Waals surface area contributed by atoms with Crippen LogP contribution in [0.3, 0.4) is 0 Å². The van der Waals surface area contributed by atoms with E-state index in [1.54, 1.807) is 0 Å². The molecule has 0 radical (unpaired) electrons. The van der Waals surface area contributed by atoms with Gasteiger partial charge in [0.2, 0.25) is 11.8 Å². The van der Waals surface area contributed by atoms with Gasteiger partial charge in [-0.2, -0.15) is 11.8 Å². The Hall–Kier alpha value is -1.24. The third kappa shape index (κ3) is 9.95. The van der Waals surface area contributed by atoms with Crippen molar-refractivity contribution in [1.82, 2.24) is 5.32 Å². The Balaban J connectivity index is 3.86. The molecule has 0 aromatic heterocycles. The Morgan fingerprint density at radius 1 is 1.39 bits per heavy atom. The summed E-state index contributed by atoms with van der Waals surface area (Å²) in [6, 6.07) is -0.318. The summed E-state index contributed by atoms with van der Waals surface area (Å²) in [6.45, 7) is 1.93. The first kappa shape index (κ1) is 16.8. The Morgan fingerprint density at radius 2 is 2.06 bits per heavy atom. The molecular weight excluding hydrogens is 256 g/mol. The number of hydrogen-bond acceptors (Lipinski definition) is 4. The fourth-order valence-corrected chi connectivity index (χ4v) is 2.10. The van der Waals surface area contributed by atoms with Crippen molar-refractivity contribution in [3.8, 4) is 0 Å². The highest BCUT2D eigenvalue weighted by atomic mass is 32.2. The highest BCUT2D eigenvalue weighted by molar-refractivity contribution is 7.99. The van der Waals surface area contributed by atoms with E-state index in [1.807, 2.05) is 6.92 Å². The van der Waals surface area contributed by atoms with E-state index >= 15 is 0 Å². The average Bonchev–Trinajstić information content (AvgIpc) is 2.23. The second kappa shape index (κ2) is 9.76. The second-order valence-corrected chi connectivity index (χ2v) is 5.03. The summed E-state index contributed by atoms with van der Waals surface area (Å²) < 4.78 is 0. The summed E-state index contributed by atoms with van der Waals surface area (Å²) in [7, 11) is 0. The molecule has 0 aliphatic heterocycles. The van der Waals surface area contributed by atoms with E-state index in [0.717, 1.165) is 6.42 Å². The summed E-state index contributed by atoms with van der Waals surface area (Å²) in [5, 5.41) is 11.4. The largest absolute Gasteiger partial charge is 0.481 e. The van der Waals surface area contributed by atoms with Crippen LogP contribution in [0.1, 0.15) is 32.6 Å². The van der Waals surface area contributed by atoms with Crippen LogP contribution in [-0.2, 0) is 14.4 Å². The van der Waals surface area contributed by atoms with Crippen molar-refractivity contribution in [3.63, 3.8) is 0 Å². The fourth-order valence-electron chi connectivity index (χ4n) is 1.42. The van der Waals surface area contributed by atoms with Crippen LogP contribution < -0.4 is 11.1 Å². The van der Waals surface area contributed by atoms with Gasteiger partial charge < -0.3 is 16.2 Å². The summed E-state index contributed by atoms with van der Waals surface area (Å²) in [5.41, 5.74) is 4.96.